The van der Waals surface area contributed by atoms with Gasteiger partial charge in [0.05, 0.1) is 5.02 Å². The number of rotatable bonds is 4. The highest BCUT2D eigenvalue weighted by Crippen LogP contribution is 2.40. The van der Waals surface area contributed by atoms with E-state index in [4.69, 9.17) is 21.1 Å². The van der Waals surface area contributed by atoms with Gasteiger partial charge < -0.3 is 9.47 Å². The van der Waals surface area contributed by atoms with E-state index in [-0.39, 0.29) is 0 Å². The maximum atomic E-state index is 11.8. The van der Waals surface area contributed by atoms with Crippen molar-refractivity contribution in [2.45, 2.75) is 45.1 Å². The number of hydrogen-bond acceptors (Lipinski definition) is 6. The van der Waals surface area contributed by atoms with Crippen LogP contribution in [0.2, 0.25) is 5.02 Å². The molecule has 6 nitrogen and oxygen atoms in total. The summed E-state index contributed by atoms with van der Waals surface area (Å²) in [6.07, 6.45) is 1.75. The number of carbonyl (C=O) groups is 1. The maximum Gasteiger partial charge on any atom is 0.412 e. The molecule has 8 heteroatoms. The van der Waals surface area contributed by atoms with Crippen molar-refractivity contribution in [1.82, 2.24) is 9.36 Å². The van der Waals surface area contributed by atoms with Gasteiger partial charge in [0.2, 0.25) is 0 Å². The highest BCUT2D eigenvalue weighted by atomic mass is 35.5. The van der Waals surface area contributed by atoms with Crippen LogP contribution in [0.4, 0.5) is 10.5 Å². The second-order valence-corrected chi connectivity index (χ2v) is 7.69. The van der Waals surface area contributed by atoms with Crippen molar-refractivity contribution in [3.63, 3.8) is 0 Å². The summed E-state index contributed by atoms with van der Waals surface area (Å²) in [6, 6.07) is 4.96. The molecule has 1 heterocycles. The molecule has 128 valence electrons. The fourth-order valence-electron chi connectivity index (χ4n) is 1.95. The topological polar surface area (TPSA) is 73.3 Å². The highest BCUT2D eigenvalue weighted by molar-refractivity contribution is 7.07. The Balaban J connectivity index is 1.64. The second kappa shape index (κ2) is 6.57. The number of nitrogens with zero attached hydrogens (tertiary/aromatic N) is 2. The molecule has 0 saturated heterocycles. The SMILES string of the molecule is CC(C)(C)OC(=O)Nc1ccc(Oc2nc(C3CC3)ns2)c(Cl)c1. The van der Waals surface area contributed by atoms with Crippen molar-refractivity contribution in [2.24, 2.45) is 0 Å². The summed E-state index contributed by atoms with van der Waals surface area (Å²) in [5.74, 6) is 1.79. The van der Waals surface area contributed by atoms with Crippen molar-refractivity contribution >= 4 is 34.9 Å². The summed E-state index contributed by atoms with van der Waals surface area (Å²) in [7, 11) is 0. The zero-order valence-electron chi connectivity index (χ0n) is 13.6. The third-order valence-corrected chi connectivity index (χ3v) is 4.04. The first-order valence-electron chi connectivity index (χ1n) is 7.61. The molecule has 0 bridgehead atoms. The smallest absolute Gasteiger partial charge is 0.412 e. The Morgan fingerprint density at radius 2 is 2.12 bits per heavy atom. The quantitative estimate of drug-likeness (QED) is 0.803. The van der Waals surface area contributed by atoms with E-state index in [1.807, 2.05) is 0 Å². The fraction of sp³-hybridized carbons (Fsp3) is 0.438. The molecule has 0 spiro atoms. The normalized spacial score (nSPS) is 14.3. The predicted octanol–water partition coefficient (Wildman–Crippen LogP) is 5.21. The number of aromatic nitrogens is 2. The Bertz CT molecular complexity index is 753. The van der Waals surface area contributed by atoms with E-state index in [0.717, 1.165) is 18.7 Å². The van der Waals surface area contributed by atoms with E-state index < -0.39 is 11.7 Å². The van der Waals surface area contributed by atoms with Gasteiger partial charge >= 0.3 is 6.09 Å². The summed E-state index contributed by atoms with van der Waals surface area (Å²) in [4.78, 5) is 16.1. The van der Waals surface area contributed by atoms with Crippen molar-refractivity contribution in [1.29, 1.82) is 0 Å². The van der Waals surface area contributed by atoms with Crippen molar-refractivity contribution < 1.29 is 14.3 Å². The summed E-state index contributed by atoms with van der Waals surface area (Å²) in [5, 5.41) is 3.46. The molecule has 2 aromatic rings. The maximum absolute atomic E-state index is 11.8. The average Bonchev–Trinajstić information content (AvgIpc) is 3.20. The zero-order chi connectivity index (χ0) is 17.3. The van der Waals surface area contributed by atoms with Gasteiger partial charge in [0.15, 0.2) is 0 Å². The molecule has 1 aliphatic rings. The van der Waals surface area contributed by atoms with E-state index >= 15 is 0 Å². The third kappa shape index (κ3) is 4.58. The highest BCUT2D eigenvalue weighted by Gasteiger charge is 2.28. The third-order valence-electron chi connectivity index (χ3n) is 3.14. The Hall–Kier alpha value is -1.86. The molecule has 0 aliphatic heterocycles. The molecule has 1 aromatic heterocycles. The lowest BCUT2D eigenvalue weighted by atomic mass is 10.2. The van der Waals surface area contributed by atoms with Crippen LogP contribution in [0.15, 0.2) is 18.2 Å². The predicted molar refractivity (Wildman–Crippen MR) is 93.3 cm³/mol. The molecule has 24 heavy (non-hydrogen) atoms. The molecule has 1 fully saturated rings. The molecule has 1 aliphatic carbocycles. The van der Waals surface area contributed by atoms with Gasteiger partial charge in [-0.15, -0.1) is 0 Å². The zero-order valence-corrected chi connectivity index (χ0v) is 15.2. The molecule has 3 rings (SSSR count). The molecule has 0 atom stereocenters. The van der Waals surface area contributed by atoms with Gasteiger partial charge in [0.1, 0.15) is 17.2 Å². The molecule has 1 amide bonds. The van der Waals surface area contributed by atoms with Crippen molar-refractivity contribution in [3.05, 3.63) is 29.0 Å². The summed E-state index contributed by atoms with van der Waals surface area (Å²) in [6.45, 7) is 5.40. The van der Waals surface area contributed by atoms with E-state index in [0.29, 0.717) is 27.6 Å². The summed E-state index contributed by atoms with van der Waals surface area (Å²) < 4.78 is 15.2. The lowest BCUT2D eigenvalue weighted by Crippen LogP contribution is -2.27. The molecule has 1 saturated carbocycles. The minimum Gasteiger partial charge on any atom is -0.444 e. The van der Waals surface area contributed by atoms with Gasteiger partial charge in [0, 0.05) is 23.1 Å². The van der Waals surface area contributed by atoms with Gasteiger partial charge in [-0.25, -0.2) is 4.79 Å². The van der Waals surface area contributed by atoms with Crippen molar-refractivity contribution in [2.75, 3.05) is 5.32 Å². The van der Waals surface area contributed by atoms with E-state index in [1.165, 1.54) is 11.5 Å². The summed E-state index contributed by atoms with van der Waals surface area (Å²) >= 11 is 7.43. The van der Waals surface area contributed by atoms with E-state index in [1.54, 1.807) is 39.0 Å². The Morgan fingerprint density at radius 3 is 2.75 bits per heavy atom. The lowest BCUT2D eigenvalue weighted by molar-refractivity contribution is 0.0636. The number of halogens is 1. The van der Waals surface area contributed by atoms with Gasteiger partial charge in [-0.05, 0) is 51.8 Å². The molecular weight excluding hydrogens is 350 g/mol. The van der Waals surface area contributed by atoms with Crippen LogP contribution in [0.3, 0.4) is 0 Å². The van der Waals surface area contributed by atoms with Crippen LogP contribution in [-0.4, -0.2) is 21.1 Å². The van der Waals surface area contributed by atoms with Gasteiger partial charge in [-0.2, -0.15) is 9.36 Å². The summed E-state index contributed by atoms with van der Waals surface area (Å²) in [5.41, 5.74) is -0.0360. The number of amides is 1. The first-order chi connectivity index (χ1) is 11.3. The van der Waals surface area contributed by atoms with E-state index in [9.17, 15) is 4.79 Å². The monoisotopic (exact) mass is 367 g/mol. The van der Waals surface area contributed by atoms with Crippen LogP contribution in [0.5, 0.6) is 10.9 Å². The number of carbonyl (C=O) groups excluding carboxylic acids is 1. The van der Waals surface area contributed by atoms with Crippen molar-refractivity contribution in [3.8, 4) is 10.9 Å². The van der Waals surface area contributed by atoms with Crippen LogP contribution in [0, 0.1) is 0 Å². The van der Waals surface area contributed by atoms with Crippen LogP contribution in [0.1, 0.15) is 45.4 Å². The Labute approximate surface area is 149 Å². The van der Waals surface area contributed by atoms with Gasteiger partial charge in [0.25, 0.3) is 5.19 Å². The van der Waals surface area contributed by atoms with Crippen LogP contribution < -0.4 is 10.1 Å². The number of hydrogen-bond donors (Lipinski definition) is 1. The van der Waals surface area contributed by atoms with Crippen LogP contribution in [0.25, 0.3) is 0 Å². The Kier molecular flexibility index (Phi) is 4.64. The molecule has 0 radical (unpaired) electrons. The number of ether oxygens (including phenoxy) is 2. The molecular formula is C16H18ClN3O3S. The van der Waals surface area contributed by atoms with Crippen LogP contribution >= 0.6 is 23.1 Å². The standard InChI is InChI=1S/C16H18ClN3O3S/c1-16(2,3)23-14(21)18-10-6-7-12(11(17)8-10)22-15-19-13(20-24-15)9-4-5-9/h6-9H,4-5H2,1-3H3,(H,18,21). The fourth-order valence-corrected chi connectivity index (χ4v) is 2.79. The lowest BCUT2D eigenvalue weighted by Gasteiger charge is -2.19. The first kappa shape index (κ1) is 17.0. The van der Waals surface area contributed by atoms with Gasteiger partial charge in [-0.1, -0.05) is 11.6 Å². The number of anilines is 1. The number of nitrogens with one attached hydrogen (secondary N) is 1. The van der Waals surface area contributed by atoms with Crippen LogP contribution in [-0.2, 0) is 4.74 Å². The minimum absolute atomic E-state index is 0.367. The minimum atomic E-state index is -0.561. The molecule has 0 unspecified atom stereocenters. The van der Waals surface area contributed by atoms with E-state index in [2.05, 4.69) is 14.7 Å². The Morgan fingerprint density at radius 1 is 1.38 bits per heavy atom. The molecule has 1 N–H and O–H groups in total. The first-order valence-corrected chi connectivity index (χ1v) is 8.76. The average molecular weight is 368 g/mol. The second-order valence-electron chi connectivity index (χ2n) is 6.57. The van der Waals surface area contributed by atoms with Gasteiger partial charge in [-0.3, -0.25) is 5.32 Å². The number of benzene rings is 1. The largest absolute Gasteiger partial charge is 0.444 e. The molecule has 1 aromatic carbocycles.